The van der Waals surface area contributed by atoms with Crippen molar-refractivity contribution in [1.82, 2.24) is 0 Å². The third-order valence-electron chi connectivity index (χ3n) is 3.52. The molecule has 2 aromatic carbocycles. The maximum absolute atomic E-state index is 13.4. The lowest BCUT2D eigenvalue weighted by Gasteiger charge is -2.22. The van der Waals surface area contributed by atoms with Crippen LogP contribution in [0.4, 0.5) is 15.8 Å². The summed E-state index contributed by atoms with van der Waals surface area (Å²) in [5, 5.41) is 0. The minimum absolute atomic E-state index is 0.246. The molecule has 0 atom stereocenters. The summed E-state index contributed by atoms with van der Waals surface area (Å²) in [6, 6.07) is 13.6. The first-order valence-electron chi connectivity index (χ1n) is 6.88. The lowest BCUT2D eigenvalue weighted by Crippen LogP contribution is -2.20. The molecule has 0 aliphatic rings. The predicted octanol–water partition coefficient (Wildman–Crippen LogP) is 3.79. The van der Waals surface area contributed by atoms with Gasteiger partial charge in [-0.05, 0) is 43.0 Å². The molecule has 3 heteroatoms. The molecule has 0 saturated carbocycles. The second-order valence-electron chi connectivity index (χ2n) is 5.17. The zero-order valence-electron chi connectivity index (χ0n) is 12.1. The molecule has 0 saturated heterocycles. The summed E-state index contributed by atoms with van der Waals surface area (Å²) >= 11 is 0. The zero-order chi connectivity index (χ0) is 14.5. The van der Waals surface area contributed by atoms with Crippen molar-refractivity contribution in [3.8, 4) is 0 Å². The molecule has 0 spiro atoms. The van der Waals surface area contributed by atoms with E-state index in [9.17, 15) is 4.39 Å². The van der Waals surface area contributed by atoms with Gasteiger partial charge in [0, 0.05) is 13.6 Å². The molecule has 2 aromatic rings. The topological polar surface area (TPSA) is 29.3 Å². The second kappa shape index (κ2) is 6.42. The number of hydrogen-bond acceptors (Lipinski definition) is 2. The van der Waals surface area contributed by atoms with E-state index in [1.807, 2.05) is 19.2 Å². The molecule has 0 heterocycles. The van der Waals surface area contributed by atoms with E-state index in [-0.39, 0.29) is 5.82 Å². The van der Waals surface area contributed by atoms with Crippen molar-refractivity contribution in [3.05, 3.63) is 59.4 Å². The molecule has 106 valence electrons. The molecular weight excluding hydrogens is 251 g/mol. The lowest BCUT2D eigenvalue weighted by molar-refractivity contribution is 0.619. The fourth-order valence-corrected chi connectivity index (χ4v) is 2.30. The van der Waals surface area contributed by atoms with Crippen LogP contribution in [0.3, 0.4) is 0 Å². The Bertz CT molecular complexity index is 567. The van der Waals surface area contributed by atoms with E-state index in [0.29, 0.717) is 11.3 Å². The highest BCUT2D eigenvalue weighted by molar-refractivity contribution is 5.68. The molecule has 0 aliphatic carbocycles. The van der Waals surface area contributed by atoms with Crippen molar-refractivity contribution in [3.63, 3.8) is 0 Å². The Morgan fingerprint density at radius 1 is 1.15 bits per heavy atom. The Morgan fingerprint density at radius 3 is 2.55 bits per heavy atom. The molecule has 0 aliphatic heterocycles. The number of anilines is 2. The van der Waals surface area contributed by atoms with E-state index < -0.39 is 0 Å². The fourth-order valence-electron chi connectivity index (χ4n) is 2.30. The molecule has 0 aromatic heterocycles. The molecule has 0 amide bonds. The standard InChI is InChI=1S/C17H21FN2/c1-13-11-17(16(19)12-15(13)18)20(2)10-6-9-14-7-4-3-5-8-14/h3-5,7-8,11-12H,6,9-10,19H2,1-2H3. The van der Waals surface area contributed by atoms with Crippen molar-refractivity contribution < 1.29 is 4.39 Å². The molecule has 2 rings (SSSR count). The Labute approximate surface area is 120 Å². The van der Waals surface area contributed by atoms with Crippen LogP contribution in [0, 0.1) is 12.7 Å². The van der Waals surface area contributed by atoms with Crippen LogP contribution in [0.1, 0.15) is 17.5 Å². The highest BCUT2D eigenvalue weighted by Crippen LogP contribution is 2.25. The van der Waals surface area contributed by atoms with Gasteiger partial charge in [-0.15, -0.1) is 0 Å². The third kappa shape index (κ3) is 3.50. The Morgan fingerprint density at radius 2 is 1.85 bits per heavy atom. The highest BCUT2D eigenvalue weighted by atomic mass is 19.1. The molecule has 0 unspecified atom stereocenters. The van der Waals surface area contributed by atoms with Gasteiger partial charge in [-0.25, -0.2) is 4.39 Å². The first-order valence-corrected chi connectivity index (χ1v) is 6.88. The van der Waals surface area contributed by atoms with Gasteiger partial charge >= 0.3 is 0 Å². The number of benzene rings is 2. The summed E-state index contributed by atoms with van der Waals surface area (Å²) < 4.78 is 13.4. The first kappa shape index (κ1) is 14.4. The molecule has 0 bridgehead atoms. The third-order valence-corrected chi connectivity index (χ3v) is 3.52. The fraction of sp³-hybridized carbons (Fsp3) is 0.294. The van der Waals surface area contributed by atoms with Gasteiger partial charge < -0.3 is 10.6 Å². The van der Waals surface area contributed by atoms with Crippen LogP contribution in [0.2, 0.25) is 0 Å². The number of aryl methyl sites for hydroxylation is 2. The lowest BCUT2D eigenvalue weighted by atomic mass is 10.1. The molecule has 2 N–H and O–H groups in total. The monoisotopic (exact) mass is 272 g/mol. The van der Waals surface area contributed by atoms with Crippen LogP contribution in [0.25, 0.3) is 0 Å². The largest absolute Gasteiger partial charge is 0.397 e. The maximum Gasteiger partial charge on any atom is 0.128 e. The summed E-state index contributed by atoms with van der Waals surface area (Å²) in [6.45, 7) is 2.65. The minimum Gasteiger partial charge on any atom is -0.397 e. The second-order valence-corrected chi connectivity index (χ2v) is 5.17. The van der Waals surface area contributed by atoms with Crippen molar-refractivity contribution in [2.24, 2.45) is 0 Å². The van der Waals surface area contributed by atoms with Gasteiger partial charge in [0.2, 0.25) is 0 Å². The molecule has 0 radical (unpaired) electrons. The summed E-state index contributed by atoms with van der Waals surface area (Å²) in [5.41, 5.74) is 9.25. The molecule has 0 fully saturated rings. The number of hydrogen-bond donors (Lipinski definition) is 1. The zero-order valence-corrected chi connectivity index (χ0v) is 12.1. The Balaban J connectivity index is 1.95. The van der Waals surface area contributed by atoms with E-state index in [1.54, 1.807) is 6.92 Å². The number of nitrogen functional groups attached to an aromatic ring is 1. The van der Waals surface area contributed by atoms with Crippen LogP contribution >= 0.6 is 0 Å². The van der Waals surface area contributed by atoms with Crippen molar-refractivity contribution in [1.29, 1.82) is 0 Å². The van der Waals surface area contributed by atoms with Crippen LogP contribution in [-0.2, 0) is 6.42 Å². The van der Waals surface area contributed by atoms with Gasteiger partial charge in [-0.2, -0.15) is 0 Å². The number of rotatable bonds is 5. The Hall–Kier alpha value is -2.03. The normalized spacial score (nSPS) is 10.6. The quantitative estimate of drug-likeness (QED) is 0.839. The minimum atomic E-state index is -0.246. The summed E-state index contributed by atoms with van der Waals surface area (Å²) in [6.07, 6.45) is 2.07. The average Bonchev–Trinajstić information content (AvgIpc) is 2.44. The van der Waals surface area contributed by atoms with Crippen LogP contribution in [0.5, 0.6) is 0 Å². The molecular formula is C17H21FN2. The number of nitrogens with two attached hydrogens (primary N) is 1. The maximum atomic E-state index is 13.4. The first-order chi connectivity index (χ1) is 9.58. The highest BCUT2D eigenvalue weighted by Gasteiger charge is 2.08. The van der Waals surface area contributed by atoms with E-state index in [4.69, 9.17) is 5.73 Å². The summed E-state index contributed by atoms with van der Waals surface area (Å²) in [5.74, 6) is -0.246. The van der Waals surface area contributed by atoms with Crippen LogP contribution in [0.15, 0.2) is 42.5 Å². The number of halogens is 1. The van der Waals surface area contributed by atoms with E-state index in [1.165, 1.54) is 11.6 Å². The van der Waals surface area contributed by atoms with Gasteiger partial charge in [-0.3, -0.25) is 0 Å². The van der Waals surface area contributed by atoms with Crippen LogP contribution in [-0.4, -0.2) is 13.6 Å². The predicted molar refractivity (Wildman–Crippen MR) is 83.6 cm³/mol. The molecule has 2 nitrogen and oxygen atoms in total. The van der Waals surface area contributed by atoms with Gasteiger partial charge in [0.25, 0.3) is 0 Å². The van der Waals surface area contributed by atoms with Gasteiger partial charge in [-0.1, -0.05) is 30.3 Å². The van der Waals surface area contributed by atoms with Gasteiger partial charge in [0.05, 0.1) is 11.4 Å². The molecule has 20 heavy (non-hydrogen) atoms. The van der Waals surface area contributed by atoms with Gasteiger partial charge in [0.15, 0.2) is 0 Å². The smallest absolute Gasteiger partial charge is 0.128 e. The van der Waals surface area contributed by atoms with Crippen molar-refractivity contribution in [2.45, 2.75) is 19.8 Å². The van der Waals surface area contributed by atoms with E-state index in [0.717, 1.165) is 25.1 Å². The van der Waals surface area contributed by atoms with Crippen molar-refractivity contribution in [2.75, 3.05) is 24.2 Å². The number of nitrogens with zero attached hydrogens (tertiary/aromatic N) is 1. The van der Waals surface area contributed by atoms with Crippen LogP contribution < -0.4 is 10.6 Å². The van der Waals surface area contributed by atoms with Crippen molar-refractivity contribution >= 4 is 11.4 Å². The average molecular weight is 272 g/mol. The Kier molecular flexibility index (Phi) is 4.61. The van der Waals surface area contributed by atoms with E-state index in [2.05, 4.69) is 29.2 Å². The van der Waals surface area contributed by atoms with E-state index >= 15 is 0 Å². The summed E-state index contributed by atoms with van der Waals surface area (Å²) in [4.78, 5) is 2.09. The SMILES string of the molecule is Cc1cc(N(C)CCCc2ccccc2)c(N)cc1F. The summed E-state index contributed by atoms with van der Waals surface area (Å²) in [7, 11) is 1.99. The van der Waals surface area contributed by atoms with Gasteiger partial charge in [0.1, 0.15) is 5.82 Å².